The molecule has 0 bridgehead atoms. The molecule has 0 fully saturated rings. The van der Waals surface area contributed by atoms with Crippen LogP contribution in [0, 0.1) is 13.8 Å². The van der Waals surface area contributed by atoms with E-state index in [1.807, 2.05) is 62.4 Å². The van der Waals surface area contributed by atoms with E-state index in [9.17, 15) is 9.59 Å². The van der Waals surface area contributed by atoms with E-state index in [4.69, 9.17) is 35.6 Å². The van der Waals surface area contributed by atoms with E-state index in [1.165, 1.54) is 0 Å². The fourth-order valence-corrected chi connectivity index (χ4v) is 7.83. The van der Waals surface area contributed by atoms with Gasteiger partial charge in [-0.15, -0.1) is 0 Å². The topological polar surface area (TPSA) is 178 Å². The van der Waals surface area contributed by atoms with Crippen molar-refractivity contribution in [1.82, 2.24) is 24.8 Å². The van der Waals surface area contributed by atoms with Gasteiger partial charge in [0.05, 0.1) is 24.6 Å². The number of anilines is 3. The van der Waals surface area contributed by atoms with Crippen LogP contribution in [0.1, 0.15) is 54.5 Å². The van der Waals surface area contributed by atoms with Crippen molar-refractivity contribution in [3.8, 4) is 50.7 Å². The number of benzene rings is 3. The van der Waals surface area contributed by atoms with Crippen LogP contribution < -0.4 is 26.9 Å². The van der Waals surface area contributed by atoms with Crippen molar-refractivity contribution in [3.63, 3.8) is 0 Å². The molecule has 0 unspecified atom stereocenters. The predicted octanol–water partition coefficient (Wildman–Crippen LogP) is 9.54. The highest BCUT2D eigenvalue weighted by molar-refractivity contribution is 6.31. The minimum Gasteiger partial charge on any atom is -0.492 e. The summed E-state index contributed by atoms with van der Waals surface area (Å²) >= 11 is 6.56. The van der Waals surface area contributed by atoms with Crippen LogP contribution in [0.3, 0.4) is 0 Å². The number of aromatic nitrogens is 4. The minimum atomic E-state index is -0.240. The average molecular weight is 844 g/mol. The Morgan fingerprint density at radius 3 is 2.21 bits per heavy atom. The first-order valence-corrected chi connectivity index (χ1v) is 20.7. The number of nitrogens with one attached hydrogen (secondary N) is 3. The summed E-state index contributed by atoms with van der Waals surface area (Å²) in [5.74, 6) is 1.53. The van der Waals surface area contributed by atoms with E-state index in [0.29, 0.717) is 75.3 Å². The second-order valence-electron chi connectivity index (χ2n) is 15.0. The Kier molecular flexibility index (Phi) is 13.5. The third-order valence-corrected chi connectivity index (χ3v) is 10.7. The van der Waals surface area contributed by atoms with E-state index in [0.717, 1.165) is 66.0 Å². The third kappa shape index (κ3) is 10.1. The molecule has 7 aromatic rings. The fourth-order valence-electron chi connectivity index (χ4n) is 7.59. The number of nitrogens with two attached hydrogens (primary N) is 1. The second kappa shape index (κ2) is 19.3. The van der Waals surface area contributed by atoms with Crippen LogP contribution in [0.4, 0.5) is 17.7 Å². The van der Waals surface area contributed by atoms with Crippen molar-refractivity contribution in [2.75, 3.05) is 44.4 Å². The van der Waals surface area contributed by atoms with Gasteiger partial charge in [0.2, 0.25) is 0 Å². The monoisotopic (exact) mass is 843 g/mol. The molecule has 0 radical (unpaired) electrons. The first kappa shape index (κ1) is 42.7. The van der Waals surface area contributed by atoms with Gasteiger partial charge in [-0.05, 0) is 127 Å². The summed E-state index contributed by atoms with van der Waals surface area (Å²) in [6, 6.07) is 19.2. The largest absolute Gasteiger partial charge is 0.492 e. The van der Waals surface area contributed by atoms with Crippen molar-refractivity contribution in [3.05, 3.63) is 139 Å². The molecule has 5 N–H and O–H groups in total. The lowest BCUT2D eigenvalue weighted by atomic mass is 9.93. The van der Waals surface area contributed by atoms with Crippen LogP contribution in [0.15, 0.2) is 104 Å². The highest BCUT2D eigenvalue weighted by atomic mass is 35.5. The Morgan fingerprint density at radius 1 is 0.803 bits per heavy atom. The number of H-pyrrole nitrogens is 2. The summed E-state index contributed by atoms with van der Waals surface area (Å²) in [6.07, 6.45) is 9.12. The minimum absolute atomic E-state index is 0.0464. The third-order valence-electron chi connectivity index (χ3n) is 10.5. The van der Waals surface area contributed by atoms with Gasteiger partial charge in [-0.3, -0.25) is 14.5 Å². The number of methoxy groups -OCH3 is 1. The number of oxazole rings is 2. The van der Waals surface area contributed by atoms with Gasteiger partial charge in [0.1, 0.15) is 12.4 Å². The van der Waals surface area contributed by atoms with Crippen molar-refractivity contribution >= 4 is 29.3 Å². The number of aryl methyl sites for hydroxylation is 1. The van der Waals surface area contributed by atoms with Gasteiger partial charge in [-0.25, -0.2) is 9.97 Å². The molecule has 316 valence electrons. The lowest BCUT2D eigenvalue weighted by Gasteiger charge is -2.21. The number of aromatic amines is 2. The van der Waals surface area contributed by atoms with Crippen LogP contribution in [-0.4, -0.2) is 58.2 Å². The zero-order chi connectivity index (χ0) is 43.0. The molecule has 0 aliphatic rings. The number of rotatable bonds is 18. The molecule has 3 aromatic carbocycles. The lowest BCUT2D eigenvalue weighted by Crippen LogP contribution is -2.30. The summed E-state index contributed by atoms with van der Waals surface area (Å²) < 4.78 is 23.8. The zero-order valence-corrected chi connectivity index (χ0v) is 35.7. The van der Waals surface area contributed by atoms with Gasteiger partial charge < -0.3 is 39.3 Å². The van der Waals surface area contributed by atoms with E-state index >= 15 is 0 Å². The summed E-state index contributed by atoms with van der Waals surface area (Å²) in [5.41, 5.74) is 14.2. The molecule has 7 rings (SSSR count). The second-order valence-corrected chi connectivity index (χ2v) is 15.4. The molecule has 0 aliphatic heterocycles. The number of halogens is 1. The Balaban J connectivity index is 1.20. The fraction of sp³-hybridized carbons (Fsp3) is 0.277. The van der Waals surface area contributed by atoms with Crippen molar-refractivity contribution in [1.29, 1.82) is 0 Å². The van der Waals surface area contributed by atoms with Gasteiger partial charge in [0, 0.05) is 59.9 Å². The maximum Gasteiger partial charge on any atom is 0.299 e. The predicted molar refractivity (Wildman–Crippen MR) is 241 cm³/mol. The summed E-state index contributed by atoms with van der Waals surface area (Å²) in [5, 5.41) is 3.83. The zero-order valence-electron chi connectivity index (χ0n) is 35.0. The van der Waals surface area contributed by atoms with Crippen LogP contribution in [0.2, 0.25) is 5.02 Å². The van der Waals surface area contributed by atoms with E-state index in [2.05, 4.69) is 44.0 Å². The van der Waals surface area contributed by atoms with Gasteiger partial charge in [0.15, 0.2) is 11.5 Å². The SMILES string of the molecule is CCCN(CCC)CCOc1cc(-c2cnc(N)o2)cc(-c2c(C)c(Cc3ccc(COC)cc3Nc3ncc(-c4cc(Cl)cc(-c5c(C)cc[nH]c5=O)c4)o3)c[nH]c2=O)c1. The number of nitrogens with zero attached hydrogens (tertiary/aromatic N) is 3. The molecule has 0 amide bonds. The highest BCUT2D eigenvalue weighted by Gasteiger charge is 2.19. The lowest BCUT2D eigenvalue weighted by molar-refractivity contribution is 0.185. The van der Waals surface area contributed by atoms with Crippen molar-refractivity contribution < 1.29 is 18.3 Å². The molecule has 0 aliphatic carbocycles. The van der Waals surface area contributed by atoms with Crippen molar-refractivity contribution in [2.45, 2.75) is 53.6 Å². The summed E-state index contributed by atoms with van der Waals surface area (Å²) in [6.45, 7) is 11.8. The van der Waals surface area contributed by atoms with E-state index in [-0.39, 0.29) is 23.1 Å². The molecule has 14 heteroatoms. The van der Waals surface area contributed by atoms with Crippen LogP contribution in [0.25, 0.3) is 44.9 Å². The van der Waals surface area contributed by atoms with Crippen LogP contribution in [0.5, 0.6) is 5.75 Å². The first-order chi connectivity index (χ1) is 29.5. The highest BCUT2D eigenvalue weighted by Crippen LogP contribution is 2.36. The first-order valence-electron chi connectivity index (χ1n) is 20.3. The quantitative estimate of drug-likeness (QED) is 0.0647. The average Bonchev–Trinajstić information content (AvgIpc) is 3.89. The smallest absolute Gasteiger partial charge is 0.299 e. The van der Waals surface area contributed by atoms with Crippen molar-refractivity contribution in [2.24, 2.45) is 0 Å². The summed E-state index contributed by atoms with van der Waals surface area (Å²) in [4.78, 5) is 43.2. The molecular weight excluding hydrogens is 794 g/mol. The number of ether oxygens (including phenoxy) is 2. The Bertz CT molecular complexity index is 2750. The van der Waals surface area contributed by atoms with Crippen LogP contribution in [-0.2, 0) is 17.8 Å². The number of nitrogen functional groups attached to an aromatic ring is 1. The van der Waals surface area contributed by atoms with Crippen LogP contribution >= 0.6 is 11.6 Å². The van der Waals surface area contributed by atoms with Gasteiger partial charge >= 0.3 is 0 Å². The number of hydrogen-bond acceptors (Lipinski definition) is 11. The molecule has 4 aromatic heterocycles. The van der Waals surface area contributed by atoms with E-state index < -0.39 is 0 Å². The molecule has 4 heterocycles. The van der Waals surface area contributed by atoms with E-state index in [1.54, 1.807) is 44.0 Å². The normalized spacial score (nSPS) is 11.4. The maximum atomic E-state index is 13.7. The standard InChI is InChI=1S/C47H50ClN7O6/c1-6-12-55(13-7-2)14-15-59-38-22-33(40-25-52-46(49)60-40)19-35(23-38)43-29(4)36(24-51-45(43)57)17-31-9-8-30(27-58-5)16-39(31)54-47-53-26-41(61-47)32-18-34(21-37(48)20-32)42-28(3)10-11-50-44(42)56/h8-11,16,18-26H,6-7,12-15,17,27H2,1-5H3,(H2,49,52)(H,50,56)(H,51,57)(H,53,54). The molecule has 0 spiro atoms. The molecular formula is C47H50ClN7O6. The number of pyridine rings is 2. The molecule has 0 atom stereocenters. The van der Waals surface area contributed by atoms with Gasteiger partial charge in [-0.1, -0.05) is 37.6 Å². The number of hydrogen-bond donors (Lipinski definition) is 4. The summed E-state index contributed by atoms with van der Waals surface area (Å²) in [7, 11) is 1.65. The molecule has 0 saturated heterocycles. The molecule has 0 saturated carbocycles. The molecule has 13 nitrogen and oxygen atoms in total. The molecule has 61 heavy (non-hydrogen) atoms. The Labute approximate surface area is 358 Å². The Morgan fingerprint density at radius 2 is 1.49 bits per heavy atom. The maximum absolute atomic E-state index is 13.7. The van der Waals surface area contributed by atoms with Gasteiger partial charge in [-0.2, -0.15) is 0 Å². The van der Waals surface area contributed by atoms with Gasteiger partial charge in [0.25, 0.3) is 23.1 Å². The Hall–Kier alpha value is -6.41.